The van der Waals surface area contributed by atoms with Gasteiger partial charge in [-0.15, -0.1) is 11.3 Å². The molecular formula is C68H48N2S. The normalized spacial score (nSPS) is 13.3. The number of fused-ring (bicyclic) bond motifs is 7. The Balaban J connectivity index is 1.09. The number of anilines is 3. The van der Waals surface area contributed by atoms with Crippen LogP contribution in [0.5, 0.6) is 0 Å². The van der Waals surface area contributed by atoms with Crippen molar-refractivity contribution in [3.8, 4) is 50.3 Å². The van der Waals surface area contributed by atoms with Crippen LogP contribution in [0.2, 0.25) is 0 Å². The van der Waals surface area contributed by atoms with Crippen LogP contribution in [0, 0.1) is 0 Å². The topological polar surface area (TPSA) is 8.17 Å². The van der Waals surface area contributed by atoms with E-state index in [0.29, 0.717) is 0 Å². The molecule has 2 nitrogen and oxygen atoms in total. The van der Waals surface area contributed by atoms with Crippen molar-refractivity contribution < 1.29 is 0 Å². The van der Waals surface area contributed by atoms with Crippen molar-refractivity contribution in [2.75, 3.05) is 4.90 Å². The largest absolute Gasteiger partial charge is 0.296 e. The van der Waals surface area contributed by atoms with Gasteiger partial charge in [-0.25, -0.2) is 0 Å². The van der Waals surface area contributed by atoms with Gasteiger partial charge in [-0.2, -0.15) is 0 Å². The van der Waals surface area contributed by atoms with Gasteiger partial charge in [-0.1, -0.05) is 194 Å². The molecule has 0 N–H and O–H groups in total. The summed E-state index contributed by atoms with van der Waals surface area (Å²) >= 11 is 1.87. The van der Waals surface area contributed by atoms with Crippen LogP contribution in [0.1, 0.15) is 39.8 Å². The van der Waals surface area contributed by atoms with Crippen molar-refractivity contribution >= 4 is 48.7 Å². The number of rotatable bonds is 9. The molecule has 0 saturated heterocycles. The van der Waals surface area contributed by atoms with Crippen LogP contribution in [0.25, 0.3) is 70.5 Å². The van der Waals surface area contributed by atoms with E-state index in [4.69, 9.17) is 0 Å². The molecule has 336 valence electrons. The van der Waals surface area contributed by atoms with Crippen molar-refractivity contribution in [2.45, 2.75) is 24.7 Å². The molecule has 0 unspecified atom stereocenters. The molecule has 71 heavy (non-hydrogen) atoms. The molecule has 12 aromatic rings. The zero-order valence-electron chi connectivity index (χ0n) is 39.2. The molecule has 0 aliphatic heterocycles. The van der Waals surface area contributed by atoms with Gasteiger partial charge in [0.1, 0.15) is 5.82 Å². The first-order valence-corrected chi connectivity index (χ1v) is 25.7. The zero-order chi connectivity index (χ0) is 46.9. The van der Waals surface area contributed by atoms with Crippen LogP contribution in [-0.4, -0.2) is 4.57 Å². The predicted octanol–water partition coefficient (Wildman–Crippen LogP) is 18.2. The molecule has 0 fully saturated rings. The number of nitrogens with zero attached hydrogens (tertiary/aromatic N) is 2. The fraction of sp³-hybridized carbons (Fsp3) is 0.0588. The third-order valence-corrected chi connectivity index (χ3v) is 16.4. The third kappa shape index (κ3) is 6.61. The number of benzene rings is 10. The van der Waals surface area contributed by atoms with E-state index >= 15 is 0 Å². The van der Waals surface area contributed by atoms with Crippen LogP contribution in [0.3, 0.4) is 0 Å². The average molecular weight is 925 g/mol. The van der Waals surface area contributed by atoms with Gasteiger partial charge < -0.3 is 0 Å². The fourth-order valence-corrected chi connectivity index (χ4v) is 13.3. The molecule has 10 aromatic carbocycles. The first kappa shape index (κ1) is 41.5. The van der Waals surface area contributed by atoms with E-state index in [-0.39, 0.29) is 0 Å². The summed E-state index contributed by atoms with van der Waals surface area (Å²) in [5.74, 6) is 1.06. The fourth-order valence-electron chi connectivity index (χ4n) is 12.2. The number of aryl methyl sites for hydroxylation is 1. The summed E-state index contributed by atoms with van der Waals surface area (Å²) in [6.07, 6.45) is 3.35. The molecule has 3 heteroatoms. The molecule has 2 heterocycles. The van der Waals surface area contributed by atoms with Gasteiger partial charge in [0, 0.05) is 42.8 Å². The summed E-state index contributed by atoms with van der Waals surface area (Å²) in [5, 5.41) is 2.61. The van der Waals surface area contributed by atoms with E-state index in [1.54, 1.807) is 0 Å². The Labute approximate surface area is 419 Å². The number of hydrogen-bond acceptors (Lipinski definition) is 2. The van der Waals surface area contributed by atoms with Crippen LogP contribution < -0.4 is 4.90 Å². The second kappa shape index (κ2) is 16.9. The Morgan fingerprint density at radius 3 is 1.82 bits per heavy atom. The maximum atomic E-state index is 2.54. The first-order chi connectivity index (χ1) is 35.2. The molecule has 0 bridgehead atoms. The number of hydrogen-bond donors (Lipinski definition) is 0. The van der Waals surface area contributed by atoms with Gasteiger partial charge in [0.2, 0.25) is 0 Å². The van der Waals surface area contributed by atoms with E-state index < -0.39 is 5.41 Å². The van der Waals surface area contributed by atoms with Crippen molar-refractivity contribution in [1.29, 1.82) is 0 Å². The molecule has 0 atom stereocenters. The van der Waals surface area contributed by atoms with Crippen molar-refractivity contribution in [2.24, 2.45) is 0 Å². The second-order valence-corrected chi connectivity index (χ2v) is 20.1. The monoisotopic (exact) mass is 924 g/mol. The minimum Gasteiger partial charge on any atom is -0.296 e. The predicted molar refractivity (Wildman–Crippen MR) is 299 cm³/mol. The van der Waals surface area contributed by atoms with Gasteiger partial charge in [-0.05, 0) is 147 Å². The van der Waals surface area contributed by atoms with Gasteiger partial charge >= 0.3 is 0 Å². The van der Waals surface area contributed by atoms with Gasteiger partial charge in [-0.3, -0.25) is 9.47 Å². The molecule has 14 rings (SSSR count). The quantitative estimate of drug-likeness (QED) is 0.140. The lowest BCUT2D eigenvalue weighted by Gasteiger charge is -2.35. The Hall–Kier alpha value is -8.50. The molecule has 2 aromatic heterocycles. The molecule has 0 spiro atoms. The van der Waals surface area contributed by atoms with Crippen molar-refractivity contribution in [3.63, 3.8) is 0 Å². The number of aromatic nitrogens is 1. The molecule has 0 radical (unpaired) electrons. The average Bonchev–Trinajstić information content (AvgIpc) is 4.25. The van der Waals surface area contributed by atoms with E-state index in [9.17, 15) is 0 Å². The van der Waals surface area contributed by atoms with Gasteiger partial charge in [0.05, 0.1) is 11.1 Å². The Morgan fingerprint density at radius 1 is 0.408 bits per heavy atom. The standard InChI is InChI=1S/C68H48N2S/c1-5-19-46(20-6-1)47-35-38-53(39-36-47)69(66-42-41-63(70(66)52-27-11-4-12-28-52)49-37-40-58-57-29-14-16-34-64(57)71-65(58)43-49)54-44-60(56-32-18-22-48-21-17-31-55(48)56)67-59-30-13-15-33-61(59)68(62(67)45-54,50-23-7-2-8-24-50)51-25-9-3-10-26-51/h1-16,18-20,22-30,32-45H,17,21,31H2. The maximum absolute atomic E-state index is 2.54. The lowest BCUT2D eigenvalue weighted by atomic mass is 9.67. The van der Waals surface area contributed by atoms with E-state index in [2.05, 4.69) is 264 Å². The second-order valence-electron chi connectivity index (χ2n) is 19.0. The first-order valence-electron chi connectivity index (χ1n) is 24.9. The highest BCUT2D eigenvalue weighted by Crippen LogP contribution is 2.60. The van der Waals surface area contributed by atoms with Gasteiger partial charge in [0.15, 0.2) is 0 Å². The zero-order valence-corrected chi connectivity index (χ0v) is 40.0. The highest BCUT2D eigenvalue weighted by Gasteiger charge is 2.47. The molecule has 2 aliphatic rings. The summed E-state index contributed by atoms with van der Waals surface area (Å²) in [6.45, 7) is 0. The van der Waals surface area contributed by atoms with Crippen LogP contribution in [-0.2, 0) is 18.3 Å². The molecule has 2 aliphatic carbocycles. The summed E-state index contributed by atoms with van der Waals surface area (Å²) in [7, 11) is 0. The number of para-hydroxylation sites is 1. The van der Waals surface area contributed by atoms with Crippen LogP contribution in [0.4, 0.5) is 17.2 Å². The summed E-state index contributed by atoms with van der Waals surface area (Å²) in [4.78, 5) is 2.53. The minimum atomic E-state index is -0.605. The Kier molecular flexibility index (Phi) is 9.86. The highest BCUT2D eigenvalue weighted by molar-refractivity contribution is 7.25. The van der Waals surface area contributed by atoms with Crippen LogP contribution in [0.15, 0.2) is 255 Å². The lowest BCUT2D eigenvalue weighted by molar-refractivity contribution is 0.768. The molecule has 0 saturated carbocycles. The van der Waals surface area contributed by atoms with E-state index in [1.807, 2.05) is 11.3 Å². The Morgan fingerprint density at radius 2 is 1.04 bits per heavy atom. The SMILES string of the molecule is c1ccc(-c2ccc(N(c3cc(-c4cccc5c4CCC5)c4c(c3)C(c3ccccc3)(c3ccccc3)c3ccccc3-4)c3ccc(-c4ccc5c(c4)sc4ccccc45)n3-c3ccccc3)cc2)cc1. The van der Waals surface area contributed by atoms with E-state index in [0.717, 1.165) is 41.4 Å². The maximum Gasteiger partial charge on any atom is 0.122 e. The molecular weight excluding hydrogens is 877 g/mol. The summed E-state index contributed by atoms with van der Waals surface area (Å²) < 4.78 is 5.07. The minimum absolute atomic E-state index is 0.605. The molecule has 0 amide bonds. The van der Waals surface area contributed by atoms with E-state index in [1.165, 1.54) is 98.9 Å². The third-order valence-electron chi connectivity index (χ3n) is 15.2. The highest BCUT2D eigenvalue weighted by atomic mass is 32.1. The summed E-state index contributed by atoms with van der Waals surface area (Å²) in [6, 6.07) is 95.1. The number of thiophene rings is 1. The smallest absolute Gasteiger partial charge is 0.122 e. The lowest BCUT2D eigenvalue weighted by Crippen LogP contribution is -2.29. The summed E-state index contributed by atoms with van der Waals surface area (Å²) in [5.41, 5.74) is 20.6. The van der Waals surface area contributed by atoms with Gasteiger partial charge in [0.25, 0.3) is 0 Å². The van der Waals surface area contributed by atoms with Crippen LogP contribution >= 0.6 is 11.3 Å². The van der Waals surface area contributed by atoms with Crippen molar-refractivity contribution in [1.82, 2.24) is 4.57 Å². The Bertz CT molecular complexity index is 3900. The van der Waals surface area contributed by atoms with Crippen molar-refractivity contribution in [3.05, 3.63) is 288 Å².